The van der Waals surface area contributed by atoms with Gasteiger partial charge < -0.3 is 14.8 Å². The summed E-state index contributed by atoms with van der Waals surface area (Å²) in [5, 5.41) is 3.42. The standard InChI is InChI=1S/C17H19ClFNO4S/c1-23-14-4-6-17(25(2,21)22)12(9-14)11-20-7-8-24-16-10-13(19)3-5-15(16)18/h3-6,9-10,20H,7-8,11H2,1-2H3. The zero-order chi connectivity index (χ0) is 18.4. The number of hydrogen-bond acceptors (Lipinski definition) is 5. The molecule has 25 heavy (non-hydrogen) atoms. The molecule has 2 rings (SSSR count). The van der Waals surface area contributed by atoms with Crippen LogP contribution in [0.2, 0.25) is 5.02 Å². The highest BCUT2D eigenvalue weighted by atomic mass is 35.5. The molecule has 0 fully saturated rings. The summed E-state index contributed by atoms with van der Waals surface area (Å²) in [4.78, 5) is 0.245. The van der Waals surface area contributed by atoms with Gasteiger partial charge in [-0.1, -0.05) is 11.6 Å². The molecule has 1 N–H and O–H groups in total. The molecule has 0 saturated heterocycles. The predicted molar refractivity (Wildman–Crippen MR) is 94.7 cm³/mol. The van der Waals surface area contributed by atoms with Gasteiger partial charge in [-0.3, -0.25) is 0 Å². The number of halogens is 2. The Labute approximate surface area is 151 Å². The van der Waals surface area contributed by atoms with Crippen molar-refractivity contribution in [1.82, 2.24) is 5.32 Å². The maximum Gasteiger partial charge on any atom is 0.175 e. The van der Waals surface area contributed by atoms with Crippen LogP contribution in [0.25, 0.3) is 0 Å². The number of sulfone groups is 1. The van der Waals surface area contributed by atoms with E-state index in [0.717, 1.165) is 6.26 Å². The predicted octanol–water partition coefficient (Wildman–Crippen LogP) is 3.06. The summed E-state index contributed by atoms with van der Waals surface area (Å²) in [6, 6.07) is 8.69. The highest BCUT2D eigenvalue weighted by Gasteiger charge is 2.14. The molecule has 0 bridgehead atoms. The molecule has 0 atom stereocenters. The van der Waals surface area contributed by atoms with Crippen LogP contribution in [0, 0.1) is 5.82 Å². The zero-order valence-electron chi connectivity index (χ0n) is 13.9. The first kappa shape index (κ1) is 19.5. The lowest BCUT2D eigenvalue weighted by molar-refractivity contribution is 0.312. The summed E-state index contributed by atoms with van der Waals surface area (Å²) in [7, 11) is -1.82. The van der Waals surface area contributed by atoms with Gasteiger partial charge in [-0.25, -0.2) is 12.8 Å². The maximum atomic E-state index is 13.1. The summed E-state index contributed by atoms with van der Waals surface area (Å²) in [5.74, 6) is 0.412. The summed E-state index contributed by atoms with van der Waals surface area (Å²) in [6.07, 6.45) is 1.16. The van der Waals surface area contributed by atoms with Gasteiger partial charge in [0.15, 0.2) is 9.84 Å². The molecule has 0 unspecified atom stereocenters. The van der Waals surface area contributed by atoms with Crippen molar-refractivity contribution in [3.8, 4) is 11.5 Å². The Morgan fingerprint density at radius 3 is 2.64 bits per heavy atom. The Bertz CT molecular complexity index is 843. The average molecular weight is 388 g/mol. The third kappa shape index (κ3) is 5.59. The monoisotopic (exact) mass is 387 g/mol. The zero-order valence-corrected chi connectivity index (χ0v) is 15.5. The molecule has 0 aliphatic carbocycles. The first-order valence-electron chi connectivity index (χ1n) is 7.47. The summed E-state index contributed by atoms with van der Waals surface area (Å²) in [6.45, 7) is 0.994. The number of rotatable bonds is 8. The molecule has 0 aliphatic heterocycles. The Hall–Kier alpha value is -1.83. The quantitative estimate of drug-likeness (QED) is 0.705. The van der Waals surface area contributed by atoms with Crippen LogP contribution in [0.1, 0.15) is 5.56 Å². The van der Waals surface area contributed by atoms with Crippen LogP contribution in [0.3, 0.4) is 0 Å². The number of nitrogens with one attached hydrogen (secondary N) is 1. The SMILES string of the molecule is COc1ccc(S(C)(=O)=O)c(CNCCOc2cc(F)ccc2Cl)c1. The minimum absolute atomic E-state index is 0.245. The summed E-state index contributed by atoms with van der Waals surface area (Å²) >= 11 is 5.92. The van der Waals surface area contributed by atoms with Gasteiger partial charge in [0.2, 0.25) is 0 Å². The minimum atomic E-state index is -3.34. The number of methoxy groups -OCH3 is 1. The molecular formula is C17H19ClFNO4S. The lowest BCUT2D eigenvalue weighted by Crippen LogP contribution is -2.22. The van der Waals surface area contributed by atoms with Gasteiger partial charge in [-0.05, 0) is 35.9 Å². The van der Waals surface area contributed by atoms with E-state index in [9.17, 15) is 12.8 Å². The molecule has 2 aromatic rings. The fourth-order valence-corrected chi connectivity index (χ4v) is 3.32. The molecule has 2 aromatic carbocycles. The third-order valence-electron chi connectivity index (χ3n) is 3.41. The number of benzene rings is 2. The largest absolute Gasteiger partial charge is 0.497 e. The van der Waals surface area contributed by atoms with E-state index in [1.807, 2.05) is 0 Å². The van der Waals surface area contributed by atoms with E-state index in [1.54, 1.807) is 12.1 Å². The third-order valence-corrected chi connectivity index (χ3v) is 4.92. The van der Waals surface area contributed by atoms with E-state index in [4.69, 9.17) is 21.1 Å². The van der Waals surface area contributed by atoms with Crippen molar-refractivity contribution in [2.24, 2.45) is 0 Å². The fourth-order valence-electron chi connectivity index (χ4n) is 2.23. The number of ether oxygens (including phenoxy) is 2. The van der Waals surface area contributed by atoms with Crippen molar-refractivity contribution in [3.05, 3.63) is 52.8 Å². The second-order valence-electron chi connectivity index (χ2n) is 5.35. The first-order valence-corrected chi connectivity index (χ1v) is 9.73. The van der Waals surface area contributed by atoms with Gasteiger partial charge in [0.25, 0.3) is 0 Å². The molecule has 0 saturated carbocycles. The van der Waals surface area contributed by atoms with Crippen LogP contribution in [0.5, 0.6) is 11.5 Å². The van der Waals surface area contributed by atoms with Gasteiger partial charge >= 0.3 is 0 Å². The van der Waals surface area contributed by atoms with Crippen molar-refractivity contribution >= 4 is 21.4 Å². The highest BCUT2D eigenvalue weighted by molar-refractivity contribution is 7.90. The van der Waals surface area contributed by atoms with Crippen molar-refractivity contribution in [2.75, 3.05) is 26.5 Å². The van der Waals surface area contributed by atoms with E-state index in [2.05, 4.69) is 5.32 Å². The van der Waals surface area contributed by atoms with Crippen molar-refractivity contribution < 1.29 is 22.3 Å². The smallest absolute Gasteiger partial charge is 0.175 e. The van der Waals surface area contributed by atoms with Crippen LogP contribution >= 0.6 is 11.6 Å². The molecule has 0 aromatic heterocycles. The Morgan fingerprint density at radius 1 is 1.20 bits per heavy atom. The van der Waals surface area contributed by atoms with Gasteiger partial charge in [-0.15, -0.1) is 0 Å². The normalized spacial score (nSPS) is 11.4. The highest BCUT2D eigenvalue weighted by Crippen LogP contribution is 2.25. The van der Waals surface area contributed by atoms with Gasteiger partial charge in [0.05, 0.1) is 17.0 Å². The second kappa shape index (κ2) is 8.51. The first-order chi connectivity index (χ1) is 11.8. The minimum Gasteiger partial charge on any atom is -0.497 e. The Kier molecular flexibility index (Phi) is 6.64. The molecular weight excluding hydrogens is 369 g/mol. The molecule has 0 spiro atoms. The Balaban J connectivity index is 1.94. The fraction of sp³-hybridized carbons (Fsp3) is 0.294. The van der Waals surface area contributed by atoms with Crippen LogP contribution in [0.15, 0.2) is 41.3 Å². The van der Waals surface area contributed by atoms with Gasteiger partial charge in [0.1, 0.15) is 23.9 Å². The Morgan fingerprint density at radius 2 is 1.96 bits per heavy atom. The lowest BCUT2D eigenvalue weighted by atomic mass is 10.2. The van der Waals surface area contributed by atoms with Crippen LogP contribution < -0.4 is 14.8 Å². The van der Waals surface area contributed by atoms with E-state index < -0.39 is 15.7 Å². The van der Waals surface area contributed by atoms with Crippen molar-refractivity contribution in [3.63, 3.8) is 0 Å². The molecule has 5 nitrogen and oxygen atoms in total. The van der Waals surface area contributed by atoms with E-state index in [-0.39, 0.29) is 17.3 Å². The molecule has 136 valence electrons. The topological polar surface area (TPSA) is 64.6 Å². The summed E-state index contributed by atoms with van der Waals surface area (Å²) in [5.41, 5.74) is 0.602. The number of hydrogen-bond donors (Lipinski definition) is 1. The molecule has 0 amide bonds. The van der Waals surface area contributed by atoms with Crippen molar-refractivity contribution in [2.45, 2.75) is 11.4 Å². The molecule has 8 heteroatoms. The van der Waals surface area contributed by atoms with Crippen molar-refractivity contribution in [1.29, 1.82) is 0 Å². The average Bonchev–Trinajstić information content (AvgIpc) is 2.56. The van der Waals surface area contributed by atoms with E-state index >= 15 is 0 Å². The lowest BCUT2D eigenvalue weighted by Gasteiger charge is -2.12. The second-order valence-corrected chi connectivity index (χ2v) is 7.74. The van der Waals surface area contributed by atoms with Crippen LogP contribution in [-0.2, 0) is 16.4 Å². The van der Waals surface area contributed by atoms with Gasteiger partial charge in [0, 0.05) is 25.4 Å². The maximum absolute atomic E-state index is 13.1. The molecule has 0 heterocycles. The molecule has 0 aliphatic rings. The summed E-state index contributed by atoms with van der Waals surface area (Å²) < 4.78 is 47.4. The van der Waals surface area contributed by atoms with E-state index in [1.165, 1.54) is 31.4 Å². The van der Waals surface area contributed by atoms with Crippen LogP contribution in [-0.4, -0.2) is 34.9 Å². The van der Waals surface area contributed by atoms with Gasteiger partial charge in [-0.2, -0.15) is 0 Å². The molecule has 0 radical (unpaired) electrons. The van der Waals surface area contributed by atoms with E-state index in [0.29, 0.717) is 29.4 Å². The van der Waals surface area contributed by atoms with Crippen LogP contribution in [0.4, 0.5) is 4.39 Å².